The molecule has 5 nitrogen and oxygen atoms in total. The lowest BCUT2D eigenvalue weighted by Crippen LogP contribution is -2.34. The molecule has 1 aromatic rings. The zero-order valence-corrected chi connectivity index (χ0v) is 16.0. The third-order valence-corrected chi connectivity index (χ3v) is 3.95. The van der Waals surface area contributed by atoms with E-state index in [1.807, 2.05) is 4.90 Å². The van der Waals surface area contributed by atoms with E-state index in [2.05, 4.69) is 19.2 Å². The van der Waals surface area contributed by atoms with Crippen molar-refractivity contribution in [3.63, 3.8) is 0 Å². The molecule has 1 saturated heterocycles. The predicted molar refractivity (Wildman–Crippen MR) is 99.0 cm³/mol. The van der Waals surface area contributed by atoms with E-state index in [0.717, 1.165) is 26.1 Å². The summed E-state index contributed by atoms with van der Waals surface area (Å²) in [5.41, 5.74) is 0.533. The van der Waals surface area contributed by atoms with Gasteiger partial charge in [0.1, 0.15) is 0 Å². The summed E-state index contributed by atoms with van der Waals surface area (Å²) in [6.07, 6.45) is 0.951. The Morgan fingerprint density at radius 3 is 2.75 bits per heavy atom. The first-order valence-corrected chi connectivity index (χ1v) is 8.41. The largest absolute Gasteiger partial charge is 0.493 e. The fourth-order valence-corrected chi connectivity index (χ4v) is 2.73. The van der Waals surface area contributed by atoms with Crippen molar-refractivity contribution in [1.82, 2.24) is 10.2 Å². The van der Waals surface area contributed by atoms with Crippen LogP contribution in [0.25, 0.3) is 0 Å². The van der Waals surface area contributed by atoms with Crippen LogP contribution in [0.5, 0.6) is 11.5 Å². The Morgan fingerprint density at radius 2 is 2.08 bits per heavy atom. The van der Waals surface area contributed by atoms with Crippen molar-refractivity contribution in [2.24, 2.45) is 5.92 Å². The molecule has 0 aromatic heterocycles. The van der Waals surface area contributed by atoms with Gasteiger partial charge in [0.15, 0.2) is 11.5 Å². The maximum absolute atomic E-state index is 12.7. The molecule has 0 radical (unpaired) electrons. The second-order valence-corrected chi connectivity index (χ2v) is 6.50. The van der Waals surface area contributed by atoms with Gasteiger partial charge >= 0.3 is 0 Å². The molecule has 0 unspecified atom stereocenters. The number of carbonyl (C=O) groups excluding carboxylic acids is 1. The first-order valence-electron chi connectivity index (χ1n) is 8.03. The molecule has 1 fully saturated rings. The number of carbonyl (C=O) groups is 1. The standard InChI is InChI=1S/C17H25ClN2O3.ClH/c1-12(2)11-23-16-14(18)9-13(10-15(16)22-3)17(21)20-7-4-5-19-6-8-20;/h9-10,12,19H,4-8,11H2,1-3H3;1H. The summed E-state index contributed by atoms with van der Waals surface area (Å²) in [6, 6.07) is 3.38. The molecule has 2 rings (SSSR count). The van der Waals surface area contributed by atoms with Gasteiger partial charge in [0, 0.05) is 25.2 Å². The average Bonchev–Trinajstić information content (AvgIpc) is 2.81. The van der Waals surface area contributed by atoms with E-state index >= 15 is 0 Å². The number of benzene rings is 1. The molecule has 0 atom stereocenters. The fraction of sp³-hybridized carbons (Fsp3) is 0.588. The number of rotatable bonds is 5. The Labute approximate surface area is 155 Å². The number of hydrogen-bond acceptors (Lipinski definition) is 4. The van der Waals surface area contributed by atoms with Gasteiger partial charge in [-0.25, -0.2) is 0 Å². The Morgan fingerprint density at radius 1 is 1.33 bits per heavy atom. The van der Waals surface area contributed by atoms with Gasteiger partial charge in [0.05, 0.1) is 18.7 Å². The minimum absolute atomic E-state index is 0. The topological polar surface area (TPSA) is 50.8 Å². The van der Waals surface area contributed by atoms with E-state index in [9.17, 15) is 4.79 Å². The third kappa shape index (κ3) is 5.43. The lowest BCUT2D eigenvalue weighted by Gasteiger charge is -2.21. The molecule has 136 valence electrons. The molecule has 7 heteroatoms. The van der Waals surface area contributed by atoms with Crippen LogP contribution in [-0.2, 0) is 0 Å². The number of halogens is 2. The highest BCUT2D eigenvalue weighted by Gasteiger charge is 2.21. The lowest BCUT2D eigenvalue weighted by atomic mass is 10.1. The number of nitrogens with zero attached hydrogens (tertiary/aromatic N) is 1. The zero-order chi connectivity index (χ0) is 16.8. The van der Waals surface area contributed by atoms with Crippen molar-refractivity contribution in [2.45, 2.75) is 20.3 Å². The number of ether oxygens (including phenoxy) is 2. The number of nitrogens with one attached hydrogen (secondary N) is 1. The molecule has 0 aliphatic carbocycles. The van der Waals surface area contributed by atoms with E-state index in [1.165, 1.54) is 0 Å². The van der Waals surface area contributed by atoms with Crippen molar-refractivity contribution in [2.75, 3.05) is 39.9 Å². The lowest BCUT2D eigenvalue weighted by molar-refractivity contribution is 0.0766. The summed E-state index contributed by atoms with van der Waals surface area (Å²) in [5, 5.41) is 3.69. The highest BCUT2D eigenvalue weighted by Crippen LogP contribution is 2.37. The summed E-state index contributed by atoms with van der Waals surface area (Å²) in [6.45, 7) is 7.86. The quantitative estimate of drug-likeness (QED) is 0.856. The summed E-state index contributed by atoms with van der Waals surface area (Å²) in [7, 11) is 1.55. The number of amides is 1. The van der Waals surface area contributed by atoms with Gasteiger partial charge in [-0.3, -0.25) is 4.79 Å². The predicted octanol–water partition coefficient (Wildman–Crippen LogP) is 3.24. The normalized spacial score (nSPS) is 14.8. The van der Waals surface area contributed by atoms with Gasteiger partial charge in [-0.05, 0) is 31.0 Å². The number of methoxy groups -OCH3 is 1. The summed E-state index contributed by atoms with van der Waals surface area (Å²) in [4.78, 5) is 14.5. The fourth-order valence-electron chi connectivity index (χ4n) is 2.46. The second-order valence-electron chi connectivity index (χ2n) is 6.09. The van der Waals surface area contributed by atoms with Crippen molar-refractivity contribution >= 4 is 29.9 Å². The average molecular weight is 377 g/mol. The van der Waals surface area contributed by atoms with E-state index in [4.69, 9.17) is 21.1 Å². The summed E-state index contributed by atoms with van der Waals surface area (Å²) < 4.78 is 11.1. The SMILES string of the molecule is COc1cc(C(=O)N2CCCNCC2)cc(Cl)c1OCC(C)C.Cl. The molecular formula is C17H26Cl2N2O3. The van der Waals surface area contributed by atoms with Crippen LogP contribution in [0.1, 0.15) is 30.6 Å². The maximum Gasteiger partial charge on any atom is 0.254 e. The monoisotopic (exact) mass is 376 g/mol. The molecule has 1 aliphatic heterocycles. The summed E-state index contributed by atoms with van der Waals surface area (Å²) >= 11 is 6.32. The minimum Gasteiger partial charge on any atom is -0.493 e. The van der Waals surface area contributed by atoms with Crippen LogP contribution in [0.15, 0.2) is 12.1 Å². The Kier molecular flexibility index (Phi) is 8.67. The molecule has 0 spiro atoms. The molecule has 1 amide bonds. The van der Waals surface area contributed by atoms with Crippen molar-refractivity contribution < 1.29 is 14.3 Å². The van der Waals surface area contributed by atoms with Crippen LogP contribution in [-0.4, -0.2) is 50.7 Å². The minimum atomic E-state index is -0.0238. The number of hydrogen-bond donors (Lipinski definition) is 1. The molecule has 1 aliphatic rings. The van der Waals surface area contributed by atoms with Crippen molar-refractivity contribution in [3.05, 3.63) is 22.7 Å². The van der Waals surface area contributed by atoms with E-state index < -0.39 is 0 Å². The van der Waals surface area contributed by atoms with Crippen LogP contribution in [0.2, 0.25) is 5.02 Å². The van der Waals surface area contributed by atoms with Gasteiger partial charge < -0.3 is 19.7 Å². The molecule has 1 aromatic carbocycles. The molecule has 1 N–H and O–H groups in total. The van der Waals surface area contributed by atoms with E-state index in [-0.39, 0.29) is 18.3 Å². The zero-order valence-electron chi connectivity index (χ0n) is 14.4. The first-order chi connectivity index (χ1) is 11.0. The molecule has 1 heterocycles. The van der Waals surface area contributed by atoms with Gasteiger partial charge in [0.2, 0.25) is 0 Å². The third-order valence-electron chi connectivity index (χ3n) is 3.66. The van der Waals surface area contributed by atoms with Crippen LogP contribution in [0, 0.1) is 5.92 Å². The second kappa shape index (κ2) is 9.97. The molecule has 24 heavy (non-hydrogen) atoms. The summed E-state index contributed by atoms with van der Waals surface area (Å²) in [5.74, 6) is 1.34. The van der Waals surface area contributed by atoms with Gasteiger partial charge in [-0.15, -0.1) is 12.4 Å². The Balaban J connectivity index is 0.00000288. The van der Waals surface area contributed by atoms with Crippen molar-refractivity contribution in [1.29, 1.82) is 0 Å². The molecule has 0 saturated carbocycles. The van der Waals surface area contributed by atoms with E-state index in [1.54, 1.807) is 19.2 Å². The van der Waals surface area contributed by atoms with Gasteiger partial charge in [0.25, 0.3) is 5.91 Å². The Hall–Kier alpha value is -1.17. The van der Waals surface area contributed by atoms with Crippen LogP contribution < -0.4 is 14.8 Å². The van der Waals surface area contributed by atoms with Crippen LogP contribution >= 0.6 is 24.0 Å². The Bertz CT molecular complexity index is 545. The smallest absolute Gasteiger partial charge is 0.254 e. The van der Waals surface area contributed by atoms with Crippen LogP contribution in [0.4, 0.5) is 0 Å². The maximum atomic E-state index is 12.7. The van der Waals surface area contributed by atoms with E-state index in [0.29, 0.717) is 41.2 Å². The van der Waals surface area contributed by atoms with Gasteiger partial charge in [-0.1, -0.05) is 25.4 Å². The first kappa shape index (κ1) is 20.9. The van der Waals surface area contributed by atoms with Gasteiger partial charge in [-0.2, -0.15) is 0 Å². The molecular weight excluding hydrogens is 351 g/mol. The van der Waals surface area contributed by atoms with Crippen LogP contribution in [0.3, 0.4) is 0 Å². The highest BCUT2D eigenvalue weighted by molar-refractivity contribution is 6.32. The molecule has 0 bridgehead atoms. The van der Waals surface area contributed by atoms with Crippen molar-refractivity contribution in [3.8, 4) is 11.5 Å². The highest BCUT2D eigenvalue weighted by atomic mass is 35.5.